The van der Waals surface area contributed by atoms with Crippen LogP contribution < -0.4 is 10.3 Å². The predicted octanol–water partition coefficient (Wildman–Crippen LogP) is 2.62. The molecule has 5 nitrogen and oxygen atoms in total. The molecule has 0 aliphatic rings. The predicted molar refractivity (Wildman–Crippen MR) is 85.5 cm³/mol. The second-order valence-electron chi connectivity index (χ2n) is 4.79. The number of nitriles is 1. The molecular formula is C17H17N3O2. The third-order valence-corrected chi connectivity index (χ3v) is 3.20. The maximum Gasteiger partial charge on any atom is 0.289 e. The van der Waals surface area contributed by atoms with E-state index in [4.69, 9.17) is 10.00 Å². The molecule has 0 saturated heterocycles. The van der Waals surface area contributed by atoms with Crippen LogP contribution in [-0.4, -0.2) is 17.5 Å². The summed E-state index contributed by atoms with van der Waals surface area (Å²) in [5.74, 6) is 0.701. The van der Waals surface area contributed by atoms with Crippen LogP contribution in [0.4, 0.5) is 0 Å². The molecule has 0 amide bonds. The van der Waals surface area contributed by atoms with E-state index in [1.54, 1.807) is 26.1 Å². The second-order valence-corrected chi connectivity index (χ2v) is 4.79. The van der Waals surface area contributed by atoms with Gasteiger partial charge in [-0.1, -0.05) is 12.1 Å². The highest BCUT2D eigenvalue weighted by molar-refractivity contribution is 5.83. The van der Waals surface area contributed by atoms with Gasteiger partial charge >= 0.3 is 0 Å². The minimum atomic E-state index is -0.412. The fourth-order valence-corrected chi connectivity index (χ4v) is 2.15. The third-order valence-electron chi connectivity index (χ3n) is 3.20. The standard InChI is InChI=1S/C17H17N3O2/c1-4-22-16-8-6-5-7-14(16)11-19-20-13(3)9-12(2)15(10-18)17(20)21/h5-9,11H,4H2,1-3H3/b19-11-. The first-order valence-corrected chi connectivity index (χ1v) is 6.98. The van der Waals surface area contributed by atoms with Gasteiger partial charge in [-0.3, -0.25) is 4.79 Å². The molecule has 1 heterocycles. The van der Waals surface area contributed by atoms with Gasteiger partial charge in [-0.25, -0.2) is 4.68 Å². The Kier molecular flexibility index (Phi) is 4.74. The molecule has 0 fully saturated rings. The average molecular weight is 295 g/mol. The Bertz CT molecular complexity index is 814. The third kappa shape index (κ3) is 3.07. The molecule has 0 aliphatic heterocycles. The van der Waals surface area contributed by atoms with Gasteiger partial charge in [-0.05, 0) is 44.5 Å². The lowest BCUT2D eigenvalue weighted by molar-refractivity contribution is 0.340. The van der Waals surface area contributed by atoms with Crippen LogP contribution in [0.25, 0.3) is 0 Å². The molecular weight excluding hydrogens is 278 g/mol. The molecule has 0 aliphatic carbocycles. The lowest BCUT2D eigenvalue weighted by atomic mass is 10.1. The number of ether oxygens (including phenoxy) is 1. The van der Waals surface area contributed by atoms with E-state index >= 15 is 0 Å². The van der Waals surface area contributed by atoms with Crippen LogP contribution in [0.5, 0.6) is 5.75 Å². The van der Waals surface area contributed by atoms with E-state index in [2.05, 4.69) is 5.10 Å². The highest BCUT2D eigenvalue weighted by atomic mass is 16.5. The monoisotopic (exact) mass is 295 g/mol. The van der Waals surface area contributed by atoms with E-state index in [1.807, 2.05) is 37.3 Å². The highest BCUT2D eigenvalue weighted by Crippen LogP contribution is 2.15. The van der Waals surface area contributed by atoms with Crippen molar-refractivity contribution in [2.24, 2.45) is 5.10 Å². The molecule has 0 atom stereocenters. The van der Waals surface area contributed by atoms with Gasteiger partial charge in [0, 0.05) is 11.3 Å². The van der Waals surface area contributed by atoms with Gasteiger partial charge in [-0.2, -0.15) is 10.4 Å². The molecule has 0 bridgehead atoms. The molecule has 112 valence electrons. The highest BCUT2D eigenvalue weighted by Gasteiger charge is 2.09. The zero-order chi connectivity index (χ0) is 16.1. The van der Waals surface area contributed by atoms with Crippen LogP contribution in [0, 0.1) is 25.2 Å². The van der Waals surface area contributed by atoms with Gasteiger partial charge in [0.05, 0.1) is 12.8 Å². The lowest BCUT2D eigenvalue weighted by Crippen LogP contribution is -2.22. The summed E-state index contributed by atoms with van der Waals surface area (Å²) in [4.78, 5) is 12.3. The fraction of sp³-hybridized carbons (Fsp3) is 0.235. The number of para-hydroxylation sites is 1. The minimum Gasteiger partial charge on any atom is -0.493 e. The fourth-order valence-electron chi connectivity index (χ4n) is 2.15. The van der Waals surface area contributed by atoms with E-state index < -0.39 is 5.56 Å². The summed E-state index contributed by atoms with van der Waals surface area (Å²) in [5.41, 5.74) is 1.80. The molecule has 2 rings (SSSR count). The average Bonchev–Trinajstić information content (AvgIpc) is 2.49. The van der Waals surface area contributed by atoms with Gasteiger partial charge in [0.1, 0.15) is 17.4 Å². The zero-order valence-electron chi connectivity index (χ0n) is 12.8. The van der Waals surface area contributed by atoms with Crippen molar-refractivity contribution in [2.75, 3.05) is 6.61 Å². The van der Waals surface area contributed by atoms with Crippen molar-refractivity contribution in [3.63, 3.8) is 0 Å². The summed E-state index contributed by atoms with van der Waals surface area (Å²) in [6, 6.07) is 11.1. The van der Waals surface area contributed by atoms with Crippen molar-refractivity contribution in [1.82, 2.24) is 4.68 Å². The van der Waals surface area contributed by atoms with Gasteiger partial charge in [0.15, 0.2) is 0 Å². The number of hydrogen-bond acceptors (Lipinski definition) is 4. The summed E-state index contributed by atoms with van der Waals surface area (Å²) in [6.07, 6.45) is 1.57. The van der Waals surface area contributed by atoms with Crippen LogP contribution in [0.15, 0.2) is 40.2 Å². The van der Waals surface area contributed by atoms with Gasteiger partial charge in [0.2, 0.25) is 0 Å². The molecule has 0 radical (unpaired) electrons. The van der Waals surface area contributed by atoms with E-state index in [-0.39, 0.29) is 5.56 Å². The normalized spacial score (nSPS) is 10.6. The maximum absolute atomic E-state index is 12.3. The molecule has 22 heavy (non-hydrogen) atoms. The summed E-state index contributed by atoms with van der Waals surface area (Å²) in [6.45, 7) is 5.97. The molecule has 0 spiro atoms. The van der Waals surface area contributed by atoms with Gasteiger partial charge < -0.3 is 4.74 Å². The molecule has 1 aromatic heterocycles. The molecule has 2 aromatic rings. The number of nitrogens with zero attached hydrogens (tertiary/aromatic N) is 3. The van der Waals surface area contributed by atoms with Crippen molar-refractivity contribution < 1.29 is 4.74 Å². The number of benzene rings is 1. The number of aromatic nitrogens is 1. The number of hydrogen-bond donors (Lipinski definition) is 0. The Morgan fingerprint density at radius 2 is 2.09 bits per heavy atom. The number of pyridine rings is 1. The van der Waals surface area contributed by atoms with Crippen LogP contribution in [-0.2, 0) is 0 Å². The van der Waals surface area contributed by atoms with Crippen LogP contribution >= 0.6 is 0 Å². The van der Waals surface area contributed by atoms with E-state index in [9.17, 15) is 4.79 Å². The Morgan fingerprint density at radius 1 is 1.36 bits per heavy atom. The van der Waals surface area contributed by atoms with E-state index in [0.717, 1.165) is 5.56 Å². The van der Waals surface area contributed by atoms with Gasteiger partial charge in [0.25, 0.3) is 5.56 Å². The first-order chi connectivity index (χ1) is 10.6. The minimum absolute atomic E-state index is 0.112. The maximum atomic E-state index is 12.3. The first-order valence-electron chi connectivity index (χ1n) is 6.98. The van der Waals surface area contributed by atoms with Crippen molar-refractivity contribution in [3.05, 3.63) is 63.1 Å². The Morgan fingerprint density at radius 3 is 2.77 bits per heavy atom. The van der Waals surface area contributed by atoms with E-state index in [1.165, 1.54) is 4.68 Å². The molecule has 0 unspecified atom stereocenters. The largest absolute Gasteiger partial charge is 0.493 e. The van der Waals surface area contributed by atoms with Crippen LogP contribution in [0.1, 0.15) is 29.3 Å². The quantitative estimate of drug-likeness (QED) is 0.814. The van der Waals surface area contributed by atoms with Crippen molar-refractivity contribution in [3.8, 4) is 11.8 Å². The summed E-state index contributed by atoms with van der Waals surface area (Å²) < 4.78 is 6.75. The Balaban J connectivity index is 2.48. The second kappa shape index (κ2) is 6.72. The topological polar surface area (TPSA) is 67.4 Å². The van der Waals surface area contributed by atoms with Gasteiger partial charge in [-0.15, -0.1) is 0 Å². The lowest BCUT2D eigenvalue weighted by Gasteiger charge is -2.08. The van der Waals surface area contributed by atoms with Crippen molar-refractivity contribution >= 4 is 6.21 Å². The number of rotatable bonds is 4. The SMILES string of the molecule is CCOc1ccccc1/C=N\n1c(C)cc(C)c(C#N)c1=O. The summed E-state index contributed by atoms with van der Waals surface area (Å²) >= 11 is 0. The smallest absolute Gasteiger partial charge is 0.289 e. The number of aryl methyl sites for hydroxylation is 2. The summed E-state index contributed by atoms with van der Waals surface area (Å²) in [5, 5.41) is 13.3. The van der Waals surface area contributed by atoms with E-state index in [0.29, 0.717) is 23.6 Å². The first kappa shape index (κ1) is 15.5. The van der Waals surface area contributed by atoms with Crippen molar-refractivity contribution in [2.45, 2.75) is 20.8 Å². The Labute approximate surface area is 129 Å². The zero-order valence-corrected chi connectivity index (χ0v) is 12.8. The Hall–Kier alpha value is -2.87. The molecule has 0 saturated carbocycles. The molecule has 0 N–H and O–H groups in total. The summed E-state index contributed by atoms with van der Waals surface area (Å²) in [7, 11) is 0. The molecule has 5 heteroatoms. The van der Waals surface area contributed by atoms with Crippen molar-refractivity contribution in [1.29, 1.82) is 5.26 Å². The van der Waals surface area contributed by atoms with Crippen LogP contribution in [0.3, 0.4) is 0 Å². The molecule has 1 aromatic carbocycles. The van der Waals surface area contributed by atoms with Crippen LogP contribution in [0.2, 0.25) is 0 Å².